The van der Waals surface area contributed by atoms with Gasteiger partial charge in [0.1, 0.15) is 45.9 Å². The highest BCUT2D eigenvalue weighted by Gasteiger charge is 2.20. The van der Waals surface area contributed by atoms with E-state index >= 15 is 0 Å². The summed E-state index contributed by atoms with van der Waals surface area (Å²) in [6.07, 6.45) is 0.171. The largest absolute Gasteiger partial charge is 0.508 e. The molecule has 0 saturated carbocycles. The Balaban J connectivity index is 1.76. The molecule has 7 N–H and O–H groups in total. The van der Waals surface area contributed by atoms with Crippen molar-refractivity contribution >= 4 is 5.69 Å². The van der Waals surface area contributed by atoms with Crippen LogP contribution in [0.5, 0.6) is 40.2 Å². The summed E-state index contributed by atoms with van der Waals surface area (Å²) < 4.78 is 0. The van der Waals surface area contributed by atoms with E-state index in [0.29, 0.717) is 44.5 Å². The van der Waals surface area contributed by atoms with Gasteiger partial charge in [-0.15, -0.1) is 4.91 Å². The fourth-order valence-electron chi connectivity index (χ4n) is 4.73. The predicted molar refractivity (Wildman–Crippen MR) is 134 cm³/mol. The van der Waals surface area contributed by atoms with E-state index in [2.05, 4.69) is 5.18 Å². The molecule has 0 atom stereocenters. The van der Waals surface area contributed by atoms with E-state index in [9.17, 15) is 40.7 Å². The van der Waals surface area contributed by atoms with Crippen LogP contribution in [-0.4, -0.2) is 35.7 Å². The zero-order valence-corrected chi connectivity index (χ0v) is 19.4. The molecule has 0 heterocycles. The number of fused-ring (bicyclic) bond motifs is 8. The van der Waals surface area contributed by atoms with E-state index in [4.69, 9.17) is 0 Å². The summed E-state index contributed by atoms with van der Waals surface area (Å²) >= 11 is 0. The van der Waals surface area contributed by atoms with E-state index in [0.717, 1.165) is 0 Å². The molecule has 0 radical (unpaired) electrons. The molecule has 9 heteroatoms. The summed E-state index contributed by atoms with van der Waals surface area (Å²) in [4.78, 5) is 11.5. The molecule has 1 aliphatic rings. The molecule has 4 aromatic carbocycles. The Morgan fingerprint density at radius 1 is 0.378 bits per heavy atom. The molecule has 0 saturated heterocycles. The summed E-state index contributed by atoms with van der Waals surface area (Å²) in [5, 5.41) is 76.5. The summed E-state index contributed by atoms with van der Waals surface area (Å²) in [6, 6.07) is 10.9. The van der Waals surface area contributed by atoms with Gasteiger partial charge in [-0.1, -0.05) is 0 Å². The molecule has 4 aromatic rings. The predicted octanol–water partition coefficient (Wildman–Crippen LogP) is 4.70. The Morgan fingerprint density at radius 2 is 0.622 bits per heavy atom. The van der Waals surface area contributed by atoms with E-state index in [1.807, 2.05) is 0 Å². The van der Waals surface area contributed by atoms with Crippen LogP contribution in [0.25, 0.3) is 0 Å². The minimum absolute atomic E-state index is 0.0344. The van der Waals surface area contributed by atoms with Gasteiger partial charge in [-0.25, -0.2) is 0 Å². The molecule has 0 spiro atoms. The van der Waals surface area contributed by atoms with Crippen molar-refractivity contribution in [2.45, 2.75) is 25.7 Å². The van der Waals surface area contributed by atoms with Gasteiger partial charge in [-0.2, -0.15) is 0 Å². The zero-order valence-electron chi connectivity index (χ0n) is 19.4. The second kappa shape index (κ2) is 8.94. The lowest BCUT2D eigenvalue weighted by molar-refractivity contribution is 0.438. The monoisotopic (exact) mass is 501 g/mol. The number of hydrogen-bond acceptors (Lipinski definition) is 9. The molecule has 0 aliphatic heterocycles. The molecule has 0 fully saturated rings. The van der Waals surface area contributed by atoms with Crippen LogP contribution in [-0.2, 0) is 25.7 Å². The molecular formula is C28H23NO8. The Morgan fingerprint density at radius 3 is 0.919 bits per heavy atom. The molecule has 188 valence electrons. The number of phenols is 7. The number of hydrogen-bond donors (Lipinski definition) is 7. The Bertz CT molecular complexity index is 1570. The van der Waals surface area contributed by atoms with E-state index in [-0.39, 0.29) is 71.6 Å². The number of benzene rings is 4. The lowest BCUT2D eigenvalue weighted by Gasteiger charge is -2.17. The number of nitrogens with zero attached hydrogens (tertiary/aromatic N) is 1. The van der Waals surface area contributed by atoms with Crippen LogP contribution >= 0.6 is 0 Å². The number of rotatable bonds is 1. The highest BCUT2D eigenvalue weighted by Crippen LogP contribution is 2.40. The van der Waals surface area contributed by atoms with Gasteiger partial charge in [0, 0.05) is 49.9 Å². The first-order valence-corrected chi connectivity index (χ1v) is 11.4. The molecule has 5 rings (SSSR count). The second-order valence-corrected chi connectivity index (χ2v) is 9.24. The standard InChI is InChI=1S/C28H23NO8/c30-22-9-21(29-37)13-1-14(22)3-16-5-18(26(34)11-25(16)33)7-20-8-19(27(35)12-28(20)36)6-17-4-15(2-13)23(31)10-24(17)32/h1,4-5,8-12,30-36H,2-3,6-7H2. The van der Waals surface area contributed by atoms with Crippen LogP contribution in [0.2, 0.25) is 0 Å². The maximum absolute atomic E-state index is 11.5. The average molecular weight is 501 g/mol. The minimum atomic E-state index is -0.218. The highest BCUT2D eigenvalue weighted by atomic mass is 16.3. The van der Waals surface area contributed by atoms with Crippen LogP contribution in [0.3, 0.4) is 0 Å². The van der Waals surface area contributed by atoms with Gasteiger partial charge in [0.25, 0.3) is 0 Å². The molecule has 0 unspecified atom stereocenters. The van der Waals surface area contributed by atoms with E-state index < -0.39 is 0 Å². The van der Waals surface area contributed by atoms with Gasteiger partial charge < -0.3 is 35.7 Å². The maximum Gasteiger partial charge on any atom is 0.122 e. The SMILES string of the molecule is O=Nc1cc(O)c2cc1Cc1cc(c(O)cc1O)Cc1cc(c(O)cc1O)Cc1cc(c(O)cc1O)C2. The normalized spacial score (nSPS) is 12.8. The fraction of sp³-hybridized carbons (Fsp3) is 0.143. The summed E-state index contributed by atoms with van der Waals surface area (Å²) in [5.74, 6) is -1.47. The maximum atomic E-state index is 11.5. The average Bonchev–Trinajstić information content (AvgIpc) is 2.83. The first kappa shape index (κ1) is 23.8. The van der Waals surface area contributed by atoms with Gasteiger partial charge in [0.15, 0.2) is 0 Å². The zero-order chi connectivity index (χ0) is 26.4. The third-order valence-corrected chi connectivity index (χ3v) is 6.74. The number of nitroso groups, excluding NO2 is 1. The molecule has 0 amide bonds. The van der Waals surface area contributed by atoms with Crippen LogP contribution < -0.4 is 0 Å². The lowest BCUT2D eigenvalue weighted by Crippen LogP contribution is -2.00. The molecular weight excluding hydrogens is 478 g/mol. The van der Waals surface area contributed by atoms with Gasteiger partial charge in [0.2, 0.25) is 0 Å². The fourth-order valence-corrected chi connectivity index (χ4v) is 4.73. The van der Waals surface area contributed by atoms with Gasteiger partial charge in [-0.3, -0.25) is 0 Å². The quantitative estimate of drug-likeness (QED) is 0.162. The summed E-state index contributed by atoms with van der Waals surface area (Å²) in [6.45, 7) is 0. The molecule has 8 bridgehead atoms. The summed E-state index contributed by atoms with van der Waals surface area (Å²) in [5.41, 5.74) is 3.01. The lowest BCUT2D eigenvalue weighted by atomic mass is 9.91. The Hall–Kier alpha value is -4.92. The van der Waals surface area contributed by atoms with Crippen molar-refractivity contribution in [2.75, 3.05) is 0 Å². The Kier molecular flexibility index (Phi) is 5.75. The molecule has 37 heavy (non-hydrogen) atoms. The van der Waals surface area contributed by atoms with Crippen LogP contribution in [0.1, 0.15) is 44.5 Å². The number of phenolic OH excluding ortho intramolecular Hbond substituents is 7. The van der Waals surface area contributed by atoms with E-state index in [1.54, 1.807) is 24.3 Å². The first-order valence-electron chi connectivity index (χ1n) is 11.4. The first-order chi connectivity index (χ1) is 17.6. The minimum Gasteiger partial charge on any atom is -0.508 e. The Labute approximate surface area is 210 Å². The third-order valence-electron chi connectivity index (χ3n) is 6.74. The summed E-state index contributed by atoms with van der Waals surface area (Å²) in [7, 11) is 0. The van der Waals surface area contributed by atoms with Gasteiger partial charge >= 0.3 is 0 Å². The van der Waals surface area contributed by atoms with Gasteiger partial charge in [-0.05, 0) is 73.9 Å². The topological polar surface area (TPSA) is 171 Å². The van der Waals surface area contributed by atoms with E-state index in [1.165, 1.54) is 24.3 Å². The van der Waals surface area contributed by atoms with Crippen LogP contribution in [0, 0.1) is 4.91 Å². The molecule has 1 aliphatic carbocycles. The van der Waals surface area contributed by atoms with Gasteiger partial charge in [0.05, 0.1) is 0 Å². The molecule has 0 aromatic heterocycles. The molecule has 9 nitrogen and oxygen atoms in total. The van der Waals surface area contributed by atoms with Crippen molar-refractivity contribution in [3.8, 4) is 40.2 Å². The smallest absolute Gasteiger partial charge is 0.122 e. The van der Waals surface area contributed by atoms with Crippen molar-refractivity contribution in [2.24, 2.45) is 5.18 Å². The van der Waals surface area contributed by atoms with Crippen molar-refractivity contribution in [3.05, 3.63) is 97.9 Å². The van der Waals surface area contributed by atoms with Crippen molar-refractivity contribution in [1.29, 1.82) is 0 Å². The highest BCUT2D eigenvalue weighted by molar-refractivity contribution is 5.60. The van der Waals surface area contributed by atoms with Crippen LogP contribution in [0.15, 0.2) is 53.7 Å². The van der Waals surface area contributed by atoms with Crippen molar-refractivity contribution < 1.29 is 35.7 Å². The third kappa shape index (κ3) is 4.42. The number of aromatic hydroxyl groups is 7. The van der Waals surface area contributed by atoms with Crippen molar-refractivity contribution in [3.63, 3.8) is 0 Å². The van der Waals surface area contributed by atoms with Crippen molar-refractivity contribution in [1.82, 2.24) is 0 Å². The second-order valence-electron chi connectivity index (χ2n) is 9.24. The van der Waals surface area contributed by atoms with Crippen LogP contribution in [0.4, 0.5) is 5.69 Å².